The van der Waals surface area contributed by atoms with Crippen molar-refractivity contribution in [3.8, 4) is 0 Å². The number of sulfonamides is 1. The van der Waals surface area contributed by atoms with Crippen LogP contribution in [-0.4, -0.2) is 20.4 Å². The van der Waals surface area contributed by atoms with Crippen LogP contribution >= 0.6 is 0 Å². The number of rotatable bonds is 2. The van der Waals surface area contributed by atoms with E-state index in [1.807, 2.05) is 27.7 Å². The zero-order chi connectivity index (χ0) is 15.1. The molecule has 0 radical (unpaired) electrons. The molecule has 2 N–H and O–H groups in total. The van der Waals surface area contributed by atoms with Crippen LogP contribution in [0.5, 0.6) is 0 Å². The highest BCUT2D eigenvalue weighted by molar-refractivity contribution is 7.90. The Labute approximate surface area is 118 Å². The van der Waals surface area contributed by atoms with Crippen LogP contribution in [0.2, 0.25) is 0 Å². The molecule has 0 aromatic heterocycles. The van der Waals surface area contributed by atoms with Gasteiger partial charge in [-0.15, -0.1) is 0 Å². The molecule has 0 atom stereocenters. The SMILES string of the molecule is CC(C)N=C1Nc2cc(F)c(C(C)C)cc2S(=O)(=O)N1. The number of hydrogen-bond donors (Lipinski definition) is 2. The van der Waals surface area contributed by atoms with Crippen LogP contribution in [0.25, 0.3) is 0 Å². The maximum Gasteiger partial charge on any atom is 0.266 e. The van der Waals surface area contributed by atoms with Crippen molar-refractivity contribution in [3.63, 3.8) is 0 Å². The summed E-state index contributed by atoms with van der Waals surface area (Å²) in [4.78, 5) is 4.16. The maximum absolute atomic E-state index is 14.0. The molecule has 1 aliphatic rings. The second-order valence-corrected chi connectivity index (χ2v) is 6.98. The van der Waals surface area contributed by atoms with E-state index in [1.165, 1.54) is 12.1 Å². The van der Waals surface area contributed by atoms with Gasteiger partial charge in [-0.2, -0.15) is 0 Å². The highest BCUT2D eigenvalue weighted by Gasteiger charge is 2.28. The number of guanidine groups is 1. The summed E-state index contributed by atoms with van der Waals surface area (Å²) in [5.41, 5.74) is 0.588. The van der Waals surface area contributed by atoms with E-state index < -0.39 is 15.8 Å². The monoisotopic (exact) mass is 299 g/mol. The molecule has 0 aliphatic carbocycles. The lowest BCUT2D eigenvalue weighted by atomic mass is 10.0. The van der Waals surface area contributed by atoms with E-state index in [0.717, 1.165) is 0 Å². The smallest absolute Gasteiger partial charge is 0.266 e. The third-order valence-electron chi connectivity index (χ3n) is 2.88. The molecule has 0 spiro atoms. The van der Waals surface area contributed by atoms with Gasteiger partial charge in [0.2, 0.25) is 5.96 Å². The number of benzene rings is 1. The van der Waals surface area contributed by atoms with E-state index >= 15 is 0 Å². The van der Waals surface area contributed by atoms with Gasteiger partial charge in [-0.3, -0.25) is 0 Å². The van der Waals surface area contributed by atoms with E-state index in [4.69, 9.17) is 0 Å². The number of fused-ring (bicyclic) bond motifs is 1. The highest BCUT2D eigenvalue weighted by atomic mass is 32.2. The van der Waals surface area contributed by atoms with E-state index in [0.29, 0.717) is 5.56 Å². The summed E-state index contributed by atoms with van der Waals surface area (Å²) in [6.07, 6.45) is 0. The minimum absolute atomic E-state index is 0.0466. The van der Waals surface area contributed by atoms with Crippen molar-refractivity contribution in [2.75, 3.05) is 5.32 Å². The molecule has 110 valence electrons. The number of anilines is 1. The molecular formula is C13H18FN3O2S. The van der Waals surface area contributed by atoms with Crippen LogP contribution < -0.4 is 10.0 Å². The van der Waals surface area contributed by atoms with Gasteiger partial charge in [0.15, 0.2) is 0 Å². The number of nitrogens with zero attached hydrogens (tertiary/aromatic N) is 1. The topological polar surface area (TPSA) is 70.6 Å². The molecule has 0 amide bonds. The Morgan fingerprint density at radius 2 is 1.85 bits per heavy atom. The predicted octanol–water partition coefficient (Wildman–Crippen LogP) is 2.42. The summed E-state index contributed by atoms with van der Waals surface area (Å²) in [6.45, 7) is 7.27. The van der Waals surface area contributed by atoms with E-state index in [2.05, 4.69) is 15.0 Å². The number of hydrogen-bond acceptors (Lipinski definition) is 3. The summed E-state index contributed by atoms with van der Waals surface area (Å²) < 4.78 is 40.7. The molecule has 1 aromatic carbocycles. The van der Waals surface area contributed by atoms with Gasteiger partial charge in [0.05, 0.1) is 5.69 Å². The van der Waals surface area contributed by atoms with Gasteiger partial charge in [-0.25, -0.2) is 22.5 Å². The second-order valence-electron chi connectivity index (χ2n) is 5.33. The third-order valence-corrected chi connectivity index (χ3v) is 4.26. The summed E-state index contributed by atoms with van der Waals surface area (Å²) in [5.74, 6) is -0.405. The summed E-state index contributed by atoms with van der Waals surface area (Å²) in [5, 5.41) is 2.81. The van der Waals surface area contributed by atoms with Crippen LogP contribution in [0.4, 0.5) is 10.1 Å². The molecule has 5 nitrogen and oxygen atoms in total. The third kappa shape index (κ3) is 2.77. The minimum atomic E-state index is -3.72. The molecule has 0 fully saturated rings. The zero-order valence-electron chi connectivity index (χ0n) is 11.9. The lowest BCUT2D eigenvalue weighted by Gasteiger charge is -2.23. The Kier molecular flexibility index (Phi) is 3.73. The standard InChI is InChI=1S/C13H18FN3O2S/c1-7(2)9-5-12-11(6-10(9)14)16-13(15-8(3)4)17-20(12,18)19/h5-8H,1-4H3,(H2,15,16,17). The van der Waals surface area contributed by atoms with E-state index in [9.17, 15) is 12.8 Å². The number of nitrogens with one attached hydrogen (secondary N) is 2. The largest absolute Gasteiger partial charge is 0.324 e. The first-order valence-corrected chi connectivity index (χ1v) is 7.90. The molecule has 0 unspecified atom stereocenters. The number of halogens is 1. The number of aliphatic imine (C=N–C) groups is 1. The van der Waals surface area contributed by atoms with Crippen molar-refractivity contribution in [2.45, 2.75) is 44.6 Å². The Balaban J connectivity index is 2.58. The maximum atomic E-state index is 14.0. The van der Waals surface area contributed by atoms with Crippen molar-refractivity contribution in [3.05, 3.63) is 23.5 Å². The average Bonchev–Trinajstić information content (AvgIpc) is 2.25. The van der Waals surface area contributed by atoms with Gasteiger partial charge < -0.3 is 5.32 Å². The lowest BCUT2D eigenvalue weighted by molar-refractivity contribution is 0.585. The Hall–Kier alpha value is -1.63. The molecule has 1 aromatic rings. The fourth-order valence-electron chi connectivity index (χ4n) is 1.98. The molecule has 2 rings (SSSR count). The molecule has 20 heavy (non-hydrogen) atoms. The normalized spacial score (nSPS) is 18.9. The Morgan fingerprint density at radius 3 is 2.40 bits per heavy atom. The van der Waals surface area contributed by atoms with Gasteiger partial charge in [0.1, 0.15) is 10.7 Å². The molecule has 0 bridgehead atoms. The van der Waals surface area contributed by atoms with Crippen LogP contribution in [0, 0.1) is 5.82 Å². The molecule has 1 aliphatic heterocycles. The van der Waals surface area contributed by atoms with Crippen molar-refractivity contribution < 1.29 is 12.8 Å². The predicted molar refractivity (Wildman–Crippen MR) is 77.0 cm³/mol. The molecule has 0 saturated heterocycles. The first-order valence-electron chi connectivity index (χ1n) is 6.42. The van der Waals surface area contributed by atoms with Gasteiger partial charge in [0, 0.05) is 6.04 Å². The lowest BCUT2D eigenvalue weighted by Crippen LogP contribution is -2.41. The van der Waals surface area contributed by atoms with Crippen molar-refractivity contribution in [1.82, 2.24) is 4.72 Å². The quantitative estimate of drug-likeness (QED) is 0.881. The minimum Gasteiger partial charge on any atom is -0.324 e. The first kappa shape index (κ1) is 14.8. The molecular weight excluding hydrogens is 281 g/mol. The van der Waals surface area contributed by atoms with Crippen molar-refractivity contribution in [1.29, 1.82) is 0 Å². The van der Waals surface area contributed by atoms with E-state index in [-0.39, 0.29) is 28.5 Å². The van der Waals surface area contributed by atoms with Crippen molar-refractivity contribution in [2.24, 2.45) is 4.99 Å². The van der Waals surface area contributed by atoms with Crippen molar-refractivity contribution >= 4 is 21.7 Å². The van der Waals surface area contributed by atoms with Crippen LogP contribution in [0.3, 0.4) is 0 Å². The molecule has 7 heteroatoms. The van der Waals surface area contributed by atoms with Gasteiger partial charge >= 0.3 is 0 Å². The summed E-state index contributed by atoms with van der Waals surface area (Å²) in [7, 11) is -3.72. The van der Waals surface area contributed by atoms with Gasteiger partial charge in [-0.05, 0) is 37.5 Å². The molecule has 0 saturated carbocycles. The van der Waals surface area contributed by atoms with Gasteiger partial charge in [0.25, 0.3) is 10.0 Å². The van der Waals surface area contributed by atoms with Crippen LogP contribution in [0.1, 0.15) is 39.2 Å². The first-order chi connectivity index (χ1) is 9.20. The zero-order valence-corrected chi connectivity index (χ0v) is 12.7. The van der Waals surface area contributed by atoms with Crippen LogP contribution in [-0.2, 0) is 10.0 Å². The summed E-state index contributed by atoms with van der Waals surface area (Å²) in [6, 6.07) is 2.50. The Morgan fingerprint density at radius 1 is 1.20 bits per heavy atom. The second kappa shape index (κ2) is 5.05. The molecule has 1 heterocycles. The Bertz CT molecular complexity index is 666. The fourth-order valence-corrected chi connectivity index (χ4v) is 3.13. The van der Waals surface area contributed by atoms with Crippen LogP contribution in [0.15, 0.2) is 22.0 Å². The highest BCUT2D eigenvalue weighted by Crippen LogP contribution is 2.31. The van der Waals surface area contributed by atoms with E-state index in [1.54, 1.807) is 0 Å². The van der Waals surface area contributed by atoms with Gasteiger partial charge in [-0.1, -0.05) is 13.8 Å². The fraction of sp³-hybridized carbons (Fsp3) is 0.462. The average molecular weight is 299 g/mol. The summed E-state index contributed by atoms with van der Waals surface area (Å²) >= 11 is 0.